The van der Waals surface area contributed by atoms with Crippen LogP contribution in [0.25, 0.3) is 0 Å². The number of nitrogens with zero attached hydrogens (tertiary/aromatic N) is 1. The molecule has 0 aromatic heterocycles. The van der Waals surface area contributed by atoms with Crippen LogP contribution < -0.4 is 5.32 Å². The molecule has 0 atom stereocenters. The van der Waals surface area contributed by atoms with Crippen molar-refractivity contribution in [2.75, 3.05) is 32.8 Å². The monoisotopic (exact) mass is 482 g/mol. The maximum atomic E-state index is 11.9. The zero-order valence-electron chi connectivity index (χ0n) is 23.1. The first-order valence-corrected chi connectivity index (χ1v) is 14.7. The lowest BCUT2D eigenvalue weighted by atomic mass is 10.1. The fourth-order valence-corrected chi connectivity index (χ4v) is 4.29. The molecule has 5 nitrogen and oxygen atoms in total. The number of unbranched alkanes of at least 4 members (excludes halogenated alkanes) is 14. The lowest BCUT2D eigenvalue weighted by molar-refractivity contribution is -0.143. The van der Waals surface area contributed by atoms with Crippen molar-refractivity contribution < 1.29 is 14.3 Å². The first kappa shape index (κ1) is 32.9. The normalized spacial score (nSPS) is 11.2. The highest BCUT2D eigenvalue weighted by Crippen LogP contribution is 2.10. The van der Waals surface area contributed by atoms with E-state index >= 15 is 0 Å². The van der Waals surface area contributed by atoms with Gasteiger partial charge in [0.05, 0.1) is 6.61 Å². The molecule has 0 aliphatic carbocycles. The molecular weight excluding hydrogens is 424 g/mol. The number of hydrogen-bond acceptors (Lipinski definition) is 4. The smallest absolute Gasteiger partial charge is 0.305 e. The van der Waals surface area contributed by atoms with E-state index in [9.17, 15) is 9.59 Å². The fourth-order valence-electron chi connectivity index (χ4n) is 4.29. The average molecular weight is 483 g/mol. The molecule has 0 aliphatic heterocycles. The molecule has 0 fully saturated rings. The Balaban J connectivity index is 3.76. The van der Waals surface area contributed by atoms with Gasteiger partial charge in [-0.3, -0.25) is 9.59 Å². The third kappa shape index (κ3) is 25.5. The predicted molar refractivity (Wildman–Crippen MR) is 145 cm³/mol. The van der Waals surface area contributed by atoms with Gasteiger partial charge in [-0.25, -0.2) is 0 Å². The van der Waals surface area contributed by atoms with Crippen molar-refractivity contribution in [1.29, 1.82) is 0 Å². The van der Waals surface area contributed by atoms with Gasteiger partial charge in [0.2, 0.25) is 5.91 Å². The summed E-state index contributed by atoms with van der Waals surface area (Å²) in [6, 6.07) is 0. The van der Waals surface area contributed by atoms with Crippen LogP contribution in [0.1, 0.15) is 143 Å². The molecule has 1 N–H and O–H groups in total. The Morgan fingerprint density at radius 3 is 1.65 bits per heavy atom. The van der Waals surface area contributed by atoms with Crippen molar-refractivity contribution in [2.45, 2.75) is 143 Å². The van der Waals surface area contributed by atoms with Crippen LogP contribution in [0.3, 0.4) is 0 Å². The summed E-state index contributed by atoms with van der Waals surface area (Å²) in [6.45, 7) is 10.8. The molecule has 0 saturated carbocycles. The molecule has 5 heteroatoms. The average Bonchev–Trinajstić information content (AvgIpc) is 2.82. The van der Waals surface area contributed by atoms with Gasteiger partial charge in [-0.05, 0) is 51.7 Å². The molecule has 0 bridgehead atoms. The molecule has 0 rings (SSSR count). The van der Waals surface area contributed by atoms with Gasteiger partial charge in [0.25, 0.3) is 0 Å². The highest BCUT2D eigenvalue weighted by molar-refractivity contribution is 5.72. The number of ether oxygens (including phenoxy) is 1. The summed E-state index contributed by atoms with van der Waals surface area (Å²) in [5.41, 5.74) is 0. The second-order valence-corrected chi connectivity index (χ2v) is 9.95. The number of esters is 1. The van der Waals surface area contributed by atoms with E-state index in [0.717, 1.165) is 45.3 Å². The number of rotatable bonds is 26. The molecule has 1 amide bonds. The first-order valence-electron chi connectivity index (χ1n) is 14.7. The van der Waals surface area contributed by atoms with Crippen LogP contribution in [0.15, 0.2) is 0 Å². The number of carbonyl (C=O) groups is 2. The van der Waals surface area contributed by atoms with Crippen LogP contribution in [-0.4, -0.2) is 49.6 Å². The largest absolute Gasteiger partial charge is 0.466 e. The molecule has 0 aliphatic rings. The standard InChI is InChI=1S/C29H58N2O3/c1-4-6-8-10-14-18-24-31(26-21-23-30-28(3)32)25-19-15-12-13-17-22-29(33)34-27-20-16-11-9-7-5-2/h4-27H2,1-3H3,(H,30,32). The van der Waals surface area contributed by atoms with E-state index in [2.05, 4.69) is 24.1 Å². The molecule has 0 unspecified atom stereocenters. The number of carbonyl (C=O) groups excluding carboxylic acids is 2. The molecule has 0 spiro atoms. The van der Waals surface area contributed by atoms with Crippen molar-refractivity contribution in [3.05, 3.63) is 0 Å². The zero-order chi connectivity index (χ0) is 25.1. The molecule has 0 aromatic rings. The third-order valence-electron chi connectivity index (χ3n) is 6.47. The van der Waals surface area contributed by atoms with E-state index in [1.807, 2.05) is 0 Å². The molecule has 0 radical (unpaired) electrons. The van der Waals surface area contributed by atoms with Gasteiger partial charge in [0.15, 0.2) is 0 Å². The summed E-state index contributed by atoms with van der Waals surface area (Å²) < 4.78 is 5.37. The summed E-state index contributed by atoms with van der Waals surface area (Å²) in [6.07, 6.45) is 22.6. The van der Waals surface area contributed by atoms with E-state index in [1.54, 1.807) is 6.92 Å². The summed E-state index contributed by atoms with van der Waals surface area (Å²) in [7, 11) is 0. The maximum Gasteiger partial charge on any atom is 0.305 e. The summed E-state index contributed by atoms with van der Waals surface area (Å²) >= 11 is 0. The lowest BCUT2D eigenvalue weighted by Crippen LogP contribution is -2.30. The van der Waals surface area contributed by atoms with Gasteiger partial charge >= 0.3 is 5.97 Å². The molecule has 0 aromatic carbocycles. The van der Waals surface area contributed by atoms with E-state index < -0.39 is 0 Å². The van der Waals surface area contributed by atoms with E-state index in [4.69, 9.17) is 4.74 Å². The maximum absolute atomic E-state index is 11.9. The summed E-state index contributed by atoms with van der Waals surface area (Å²) in [5, 5.41) is 2.91. The van der Waals surface area contributed by atoms with Gasteiger partial charge in [-0.1, -0.05) is 97.3 Å². The quantitative estimate of drug-likeness (QED) is 0.103. The highest BCUT2D eigenvalue weighted by Gasteiger charge is 2.06. The molecule has 0 heterocycles. The van der Waals surface area contributed by atoms with Crippen LogP contribution in [0.5, 0.6) is 0 Å². The van der Waals surface area contributed by atoms with Crippen molar-refractivity contribution in [1.82, 2.24) is 10.2 Å². The number of nitrogens with one attached hydrogen (secondary N) is 1. The van der Waals surface area contributed by atoms with Crippen LogP contribution in [0.4, 0.5) is 0 Å². The molecule has 34 heavy (non-hydrogen) atoms. The first-order chi connectivity index (χ1) is 16.6. The zero-order valence-corrected chi connectivity index (χ0v) is 23.1. The molecular formula is C29H58N2O3. The van der Waals surface area contributed by atoms with Crippen LogP contribution in [-0.2, 0) is 14.3 Å². The third-order valence-corrected chi connectivity index (χ3v) is 6.47. The van der Waals surface area contributed by atoms with E-state index in [1.165, 1.54) is 96.4 Å². The van der Waals surface area contributed by atoms with Crippen molar-refractivity contribution in [2.24, 2.45) is 0 Å². The Bertz CT molecular complexity index is 457. The second kappa shape index (κ2) is 26.5. The van der Waals surface area contributed by atoms with Crippen LogP contribution in [0, 0.1) is 0 Å². The minimum Gasteiger partial charge on any atom is -0.466 e. The topological polar surface area (TPSA) is 58.6 Å². The molecule has 0 saturated heterocycles. The second-order valence-electron chi connectivity index (χ2n) is 9.95. The summed E-state index contributed by atoms with van der Waals surface area (Å²) in [4.78, 5) is 25.5. The van der Waals surface area contributed by atoms with Gasteiger partial charge in [0.1, 0.15) is 0 Å². The highest BCUT2D eigenvalue weighted by atomic mass is 16.5. The van der Waals surface area contributed by atoms with E-state index in [0.29, 0.717) is 13.0 Å². The minimum absolute atomic E-state index is 0.0159. The predicted octanol–water partition coefficient (Wildman–Crippen LogP) is 7.42. The Labute approximate surface area is 212 Å². The minimum atomic E-state index is -0.0159. The summed E-state index contributed by atoms with van der Waals surface area (Å²) in [5.74, 6) is 0.0478. The Hall–Kier alpha value is -1.10. The Morgan fingerprint density at radius 2 is 1.09 bits per heavy atom. The van der Waals surface area contributed by atoms with Crippen molar-refractivity contribution in [3.63, 3.8) is 0 Å². The number of amides is 1. The SMILES string of the molecule is CCCCCCCCOC(=O)CCCCCCCN(CCCCCCCC)CCCNC(C)=O. The van der Waals surface area contributed by atoms with Gasteiger partial charge in [0, 0.05) is 19.9 Å². The van der Waals surface area contributed by atoms with Crippen LogP contribution in [0.2, 0.25) is 0 Å². The Morgan fingerprint density at radius 1 is 0.618 bits per heavy atom. The number of hydrogen-bond donors (Lipinski definition) is 1. The van der Waals surface area contributed by atoms with Gasteiger partial charge < -0.3 is 15.0 Å². The van der Waals surface area contributed by atoms with Crippen molar-refractivity contribution >= 4 is 11.9 Å². The van der Waals surface area contributed by atoms with Crippen molar-refractivity contribution in [3.8, 4) is 0 Å². The Kier molecular flexibility index (Phi) is 25.6. The lowest BCUT2D eigenvalue weighted by Gasteiger charge is -2.22. The van der Waals surface area contributed by atoms with E-state index in [-0.39, 0.29) is 11.9 Å². The van der Waals surface area contributed by atoms with Crippen LogP contribution >= 0.6 is 0 Å². The van der Waals surface area contributed by atoms with Gasteiger partial charge in [-0.15, -0.1) is 0 Å². The fraction of sp³-hybridized carbons (Fsp3) is 0.931. The van der Waals surface area contributed by atoms with Gasteiger partial charge in [-0.2, -0.15) is 0 Å². The molecule has 202 valence electrons.